The van der Waals surface area contributed by atoms with Crippen LogP contribution in [0.2, 0.25) is 0 Å². The van der Waals surface area contributed by atoms with Gasteiger partial charge in [-0.3, -0.25) is 0 Å². The lowest BCUT2D eigenvalue weighted by atomic mass is 10.1. The van der Waals surface area contributed by atoms with Crippen LogP contribution < -0.4 is 4.72 Å². The molecule has 0 amide bonds. The summed E-state index contributed by atoms with van der Waals surface area (Å²) in [5.41, 5.74) is 2.39. The van der Waals surface area contributed by atoms with Crippen LogP contribution in [0.25, 0.3) is 21.5 Å². The molecule has 3 aromatic rings. The number of fused-ring (bicyclic) bond motifs is 1. The van der Waals surface area contributed by atoms with Gasteiger partial charge in [-0.15, -0.1) is 11.3 Å². The third kappa shape index (κ3) is 4.77. The van der Waals surface area contributed by atoms with Gasteiger partial charge in [-0.2, -0.15) is 13.2 Å². The molecule has 0 aliphatic carbocycles. The minimum atomic E-state index is -5.14. The van der Waals surface area contributed by atoms with E-state index in [1.807, 2.05) is 13.0 Å². The molecule has 3 rings (SSSR count). The Hall–Kier alpha value is -2.44. The van der Waals surface area contributed by atoms with Crippen molar-refractivity contribution in [1.82, 2.24) is 14.7 Å². The highest BCUT2D eigenvalue weighted by atomic mass is 32.2. The lowest BCUT2D eigenvalue weighted by Gasteiger charge is -2.14. The number of pyridine rings is 1. The number of nitrogens with zero attached hydrogens (tertiary/aromatic N) is 1. The van der Waals surface area contributed by atoms with Gasteiger partial charge in [0.1, 0.15) is 16.0 Å². The summed E-state index contributed by atoms with van der Waals surface area (Å²) in [4.78, 5) is 18.8. The van der Waals surface area contributed by atoms with Crippen molar-refractivity contribution in [2.75, 3.05) is 6.54 Å². The molecule has 0 radical (unpaired) electrons. The van der Waals surface area contributed by atoms with Gasteiger partial charge in [0, 0.05) is 34.3 Å². The SMILES string of the molecule is Cc1cc2c(-c3ccc(S(=O)(=O)NC[C@H](C)OC(=O)C(F)(F)F)s3)ccnc2[nH]1. The van der Waals surface area contributed by atoms with Crippen LogP contribution in [0.3, 0.4) is 0 Å². The number of alkyl halides is 3. The molecule has 0 aliphatic rings. The smallest absolute Gasteiger partial charge is 0.455 e. The van der Waals surface area contributed by atoms with Gasteiger partial charge in [0.15, 0.2) is 0 Å². The molecule has 3 heterocycles. The lowest BCUT2D eigenvalue weighted by molar-refractivity contribution is -0.203. The number of nitrogens with one attached hydrogen (secondary N) is 2. The molecular weight excluding hydrogens is 431 g/mol. The van der Waals surface area contributed by atoms with Crippen molar-refractivity contribution in [3.63, 3.8) is 0 Å². The number of aromatic amines is 1. The van der Waals surface area contributed by atoms with Crippen LogP contribution in [-0.4, -0.2) is 43.2 Å². The molecule has 2 N–H and O–H groups in total. The molecule has 3 aromatic heterocycles. The molecular formula is C17H16F3N3O4S2. The molecule has 156 valence electrons. The summed E-state index contributed by atoms with van der Waals surface area (Å²) in [7, 11) is -3.99. The Morgan fingerprint density at radius 1 is 1.34 bits per heavy atom. The summed E-state index contributed by atoms with van der Waals surface area (Å²) in [5.74, 6) is -2.37. The van der Waals surface area contributed by atoms with E-state index in [0.29, 0.717) is 10.5 Å². The van der Waals surface area contributed by atoms with Gasteiger partial charge in [-0.1, -0.05) is 0 Å². The first-order valence-corrected chi connectivity index (χ1v) is 10.6. The van der Waals surface area contributed by atoms with E-state index in [9.17, 15) is 26.4 Å². The van der Waals surface area contributed by atoms with Crippen LogP contribution in [0.4, 0.5) is 13.2 Å². The number of aromatic nitrogens is 2. The van der Waals surface area contributed by atoms with Gasteiger partial charge < -0.3 is 9.72 Å². The van der Waals surface area contributed by atoms with Crippen LogP contribution in [0, 0.1) is 6.92 Å². The Balaban J connectivity index is 1.74. The predicted octanol–water partition coefficient (Wildman–Crippen LogP) is 3.37. The summed E-state index contributed by atoms with van der Waals surface area (Å²) < 4.78 is 67.8. The van der Waals surface area contributed by atoms with E-state index >= 15 is 0 Å². The molecule has 0 aliphatic heterocycles. The first kappa shape index (κ1) is 21.3. The molecule has 7 nitrogen and oxygen atoms in total. The average molecular weight is 447 g/mol. The number of rotatable bonds is 6. The molecule has 0 spiro atoms. The molecule has 29 heavy (non-hydrogen) atoms. The maximum absolute atomic E-state index is 12.4. The standard InChI is InChI=1S/C17H16F3N3O4S2/c1-9-7-12-11(5-6-21-15(12)23-9)13-3-4-14(28-13)29(25,26)22-8-10(2)27-16(24)17(18,19)20/h3-7,10,22H,8H2,1-2H3,(H,21,23)/t10-/m0/s1. The van der Waals surface area contributed by atoms with Crippen LogP contribution in [0.1, 0.15) is 12.6 Å². The minimum absolute atomic E-state index is 0.0148. The number of hydrogen-bond acceptors (Lipinski definition) is 6. The van der Waals surface area contributed by atoms with E-state index in [1.54, 1.807) is 18.3 Å². The van der Waals surface area contributed by atoms with E-state index in [2.05, 4.69) is 19.4 Å². The second kappa shape index (κ2) is 7.76. The van der Waals surface area contributed by atoms with Crippen molar-refractivity contribution in [3.05, 3.63) is 36.2 Å². The number of thiophene rings is 1. The fourth-order valence-corrected chi connectivity index (χ4v) is 5.08. The van der Waals surface area contributed by atoms with Gasteiger partial charge in [0.2, 0.25) is 10.0 Å². The Bertz CT molecular complexity index is 1150. The number of esters is 1. The third-order valence-corrected chi connectivity index (χ3v) is 6.91. The molecule has 0 saturated heterocycles. The number of aryl methyl sites for hydroxylation is 1. The maximum Gasteiger partial charge on any atom is 0.490 e. The summed E-state index contributed by atoms with van der Waals surface area (Å²) in [6.07, 6.45) is -4.82. The second-order valence-electron chi connectivity index (χ2n) is 6.26. The number of hydrogen-bond donors (Lipinski definition) is 2. The van der Waals surface area contributed by atoms with Crippen molar-refractivity contribution in [1.29, 1.82) is 0 Å². The van der Waals surface area contributed by atoms with Crippen LogP contribution in [0.5, 0.6) is 0 Å². The Morgan fingerprint density at radius 2 is 2.07 bits per heavy atom. The fraction of sp³-hybridized carbons (Fsp3) is 0.294. The van der Waals surface area contributed by atoms with Gasteiger partial charge in [-0.05, 0) is 38.1 Å². The Labute approximate surface area is 168 Å². The number of carbonyl (C=O) groups is 1. The zero-order valence-electron chi connectivity index (χ0n) is 15.2. The van der Waals surface area contributed by atoms with E-state index < -0.39 is 34.8 Å². The van der Waals surface area contributed by atoms with Crippen LogP contribution in [0.15, 0.2) is 34.7 Å². The number of H-pyrrole nitrogens is 1. The van der Waals surface area contributed by atoms with E-state index in [4.69, 9.17) is 0 Å². The largest absolute Gasteiger partial charge is 0.490 e. The minimum Gasteiger partial charge on any atom is -0.455 e. The zero-order chi connectivity index (χ0) is 21.4. The first-order valence-electron chi connectivity index (χ1n) is 8.29. The normalized spacial score (nSPS) is 13.6. The van der Waals surface area contributed by atoms with Crippen molar-refractivity contribution >= 4 is 38.4 Å². The molecule has 1 atom stereocenters. The van der Waals surface area contributed by atoms with Crippen molar-refractivity contribution in [2.24, 2.45) is 0 Å². The molecule has 0 saturated carbocycles. The summed E-state index contributed by atoms with van der Waals surface area (Å²) in [6.45, 7) is 2.55. The Kier molecular flexibility index (Phi) is 5.70. The molecule has 0 unspecified atom stereocenters. The zero-order valence-corrected chi connectivity index (χ0v) is 16.8. The highest BCUT2D eigenvalue weighted by Crippen LogP contribution is 2.34. The summed E-state index contributed by atoms with van der Waals surface area (Å²) in [5, 5.41) is 0.844. The van der Waals surface area contributed by atoms with Gasteiger partial charge in [0.05, 0.1) is 0 Å². The summed E-state index contributed by atoms with van der Waals surface area (Å²) >= 11 is 1.01. The van der Waals surface area contributed by atoms with Crippen molar-refractivity contribution < 1.29 is 31.1 Å². The Morgan fingerprint density at radius 3 is 2.76 bits per heavy atom. The van der Waals surface area contributed by atoms with Crippen molar-refractivity contribution in [2.45, 2.75) is 30.3 Å². The summed E-state index contributed by atoms with van der Waals surface area (Å²) in [6, 6.07) is 6.72. The quantitative estimate of drug-likeness (QED) is 0.565. The maximum atomic E-state index is 12.4. The number of ether oxygens (including phenoxy) is 1. The lowest BCUT2D eigenvalue weighted by Crippen LogP contribution is -2.36. The van der Waals surface area contributed by atoms with Gasteiger partial charge in [-0.25, -0.2) is 22.9 Å². The van der Waals surface area contributed by atoms with Crippen LogP contribution in [-0.2, 0) is 19.6 Å². The molecule has 0 bridgehead atoms. The van der Waals surface area contributed by atoms with Crippen molar-refractivity contribution in [3.8, 4) is 10.4 Å². The fourth-order valence-electron chi connectivity index (χ4n) is 2.57. The predicted molar refractivity (Wildman–Crippen MR) is 101 cm³/mol. The average Bonchev–Trinajstić information content (AvgIpc) is 3.25. The third-order valence-electron chi connectivity index (χ3n) is 3.88. The first-order chi connectivity index (χ1) is 13.5. The number of halogens is 3. The topological polar surface area (TPSA) is 101 Å². The van der Waals surface area contributed by atoms with E-state index in [1.165, 1.54) is 6.07 Å². The van der Waals surface area contributed by atoms with Gasteiger partial charge >= 0.3 is 12.1 Å². The molecule has 0 aromatic carbocycles. The highest BCUT2D eigenvalue weighted by Gasteiger charge is 2.41. The molecule has 0 fully saturated rings. The monoisotopic (exact) mass is 447 g/mol. The van der Waals surface area contributed by atoms with Gasteiger partial charge in [0.25, 0.3) is 0 Å². The van der Waals surface area contributed by atoms with Crippen LogP contribution >= 0.6 is 11.3 Å². The number of carbonyl (C=O) groups excluding carboxylic acids is 1. The molecule has 12 heteroatoms. The number of sulfonamides is 1. The van der Waals surface area contributed by atoms with E-state index in [0.717, 1.165) is 34.9 Å². The highest BCUT2D eigenvalue weighted by molar-refractivity contribution is 7.91. The van der Waals surface area contributed by atoms with E-state index in [-0.39, 0.29) is 4.21 Å². The second-order valence-corrected chi connectivity index (χ2v) is 9.33.